The van der Waals surface area contributed by atoms with Gasteiger partial charge >= 0.3 is 5.63 Å². The summed E-state index contributed by atoms with van der Waals surface area (Å²) >= 11 is 6.01. The fourth-order valence-corrected chi connectivity index (χ4v) is 1.63. The lowest BCUT2D eigenvalue weighted by atomic mass is 10.2. The van der Waals surface area contributed by atoms with Crippen LogP contribution in [0.2, 0.25) is 5.02 Å². The lowest BCUT2D eigenvalue weighted by Crippen LogP contribution is -2.12. The van der Waals surface area contributed by atoms with E-state index < -0.39 is 5.63 Å². The van der Waals surface area contributed by atoms with E-state index in [9.17, 15) is 4.79 Å². The van der Waals surface area contributed by atoms with Crippen molar-refractivity contribution in [1.82, 2.24) is 0 Å². The number of hydrogen-bond donors (Lipinski definition) is 1. The van der Waals surface area contributed by atoms with Gasteiger partial charge in [-0.1, -0.05) is 23.7 Å². The average Bonchev–Trinajstić information content (AvgIpc) is 2.18. The van der Waals surface area contributed by atoms with E-state index in [1.165, 1.54) is 0 Å². The molecule has 0 atom stereocenters. The van der Waals surface area contributed by atoms with Crippen LogP contribution in [0, 0.1) is 0 Å². The number of nitrogens with two attached hydrogens (primary N) is 1. The molecule has 72 valence electrons. The molecule has 4 heteroatoms. The van der Waals surface area contributed by atoms with Gasteiger partial charge < -0.3 is 10.2 Å². The molecule has 14 heavy (non-hydrogen) atoms. The minimum absolute atomic E-state index is 0.0893. The Hall–Kier alpha value is -1.32. The zero-order valence-electron chi connectivity index (χ0n) is 7.29. The maximum atomic E-state index is 11.4. The maximum absolute atomic E-state index is 11.4. The van der Waals surface area contributed by atoms with E-state index in [2.05, 4.69) is 0 Å². The largest absolute Gasteiger partial charge is 0.422 e. The van der Waals surface area contributed by atoms with Crippen LogP contribution in [0.4, 0.5) is 0 Å². The van der Waals surface area contributed by atoms with E-state index >= 15 is 0 Å². The van der Waals surface area contributed by atoms with Crippen molar-refractivity contribution >= 4 is 22.6 Å². The summed E-state index contributed by atoms with van der Waals surface area (Å²) in [5.41, 5.74) is 5.75. The van der Waals surface area contributed by atoms with E-state index in [4.69, 9.17) is 21.8 Å². The molecule has 2 aromatic rings. The summed E-state index contributed by atoms with van der Waals surface area (Å²) in [4.78, 5) is 11.4. The molecule has 0 saturated heterocycles. The first kappa shape index (κ1) is 9.24. The predicted octanol–water partition coefficient (Wildman–Crippen LogP) is 1.91. The Morgan fingerprint density at radius 3 is 2.79 bits per heavy atom. The molecule has 0 fully saturated rings. The Kier molecular flexibility index (Phi) is 2.27. The Balaban J connectivity index is 2.93. The Morgan fingerprint density at radius 2 is 2.07 bits per heavy atom. The molecule has 1 heterocycles. The van der Waals surface area contributed by atoms with Crippen LogP contribution in [0.1, 0.15) is 5.56 Å². The quantitative estimate of drug-likeness (QED) is 0.730. The van der Waals surface area contributed by atoms with Crippen molar-refractivity contribution in [2.45, 2.75) is 6.54 Å². The molecule has 0 aliphatic heterocycles. The molecule has 0 aliphatic rings. The summed E-state index contributed by atoms with van der Waals surface area (Å²) in [5.74, 6) is 0. The van der Waals surface area contributed by atoms with Crippen molar-refractivity contribution in [2.75, 3.05) is 0 Å². The van der Waals surface area contributed by atoms with Crippen LogP contribution in [-0.4, -0.2) is 0 Å². The molecule has 0 spiro atoms. The Bertz CT molecular complexity index is 533. The molecule has 1 aromatic heterocycles. The first-order chi connectivity index (χ1) is 6.74. The second kappa shape index (κ2) is 3.44. The minimum atomic E-state index is -0.462. The smallest absolute Gasteiger partial charge is 0.342 e. The van der Waals surface area contributed by atoms with Crippen molar-refractivity contribution in [1.29, 1.82) is 0 Å². The third-order valence-corrected chi connectivity index (χ3v) is 2.47. The lowest BCUT2D eigenvalue weighted by molar-refractivity contribution is 0.551. The van der Waals surface area contributed by atoms with Gasteiger partial charge in [0.25, 0.3) is 0 Å². The van der Waals surface area contributed by atoms with Gasteiger partial charge in [0.05, 0.1) is 10.6 Å². The monoisotopic (exact) mass is 209 g/mol. The van der Waals surface area contributed by atoms with Crippen LogP contribution < -0.4 is 11.4 Å². The van der Waals surface area contributed by atoms with Crippen molar-refractivity contribution < 1.29 is 4.42 Å². The zero-order valence-corrected chi connectivity index (χ0v) is 8.04. The van der Waals surface area contributed by atoms with Gasteiger partial charge in [0.15, 0.2) is 0 Å². The van der Waals surface area contributed by atoms with Crippen LogP contribution in [0.25, 0.3) is 11.0 Å². The molecular weight excluding hydrogens is 202 g/mol. The fraction of sp³-hybridized carbons (Fsp3) is 0.100. The Morgan fingerprint density at radius 1 is 1.36 bits per heavy atom. The van der Waals surface area contributed by atoms with E-state index in [0.29, 0.717) is 21.6 Å². The second-order valence-corrected chi connectivity index (χ2v) is 3.26. The van der Waals surface area contributed by atoms with E-state index in [0.717, 1.165) is 0 Å². The van der Waals surface area contributed by atoms with Gasteiger partial charge in [0, 0.05) is 11.9 Å². The third kappa shape index (κ3) is 1.31. The van der Waals surface area contributed by atoms with Gasteiger partial charge in [-0.3, -0.25) is 0 Å². The first-order valence-electron chi connectivity index (χ1n) is 4.14. The number of hydrogen-bond acceptors (Lipinski definition) is 3. The van der Waals surface area contributed by atoms with E-state index in [1.807, 2.05) is 6.07 Å². The highest BCUT2D eigenvalue weighted by Crippen LogP contribution is 2.24. The lowest BCUT2D eigenvalue weighted by Gasteiger charge is -2.02. The number of rotatable bonds is 1. The molecule has 0 aliphatic carbocycles. The molecule has 3 nitrogen and oxygen atoms in total. The van der Waals surface area contributed by atoms with Crippen LogP contribution >= 0.6 is 11.6 Å². The van der Waals surface area contributed by atoms with Crippen molar-refractivity contribution in [3.05, 3.63) is 45.3 Å². The molecule has 2 N–H and O–H groups in total. The summed E-state index contributed by atoms with van der Waals surface area (Å²) in [6, 6.07) is 7.10. The van der Waals surface area contributed by atoms with Crippen LogP contribution in [0.15, 0.2) is 33.5 Å². The number of benzene rings is 1. The minimum Gasteiger partial charge on any atom is -0.422 e. The zero-order chi connectivity index (χ0) is 10.1. The van der Waals surface area contributed by atoms with E-state index in [-0.39, 0.29) is 6.54 Å². The normalized spacial score (nSPS) is 10.7. The maximum Gasteiger partial charge on any atom is 0.342 e. The third-order valence-electron chi connectivity index (χ3n) is 2.04. The van der Waals surface area contributed by atoms with Crippen molar-refractivity contribution in [3.63, 3.8) is 0 Å². The molecule has 0 bridgehead atoms. The fourth-order valence-electron chi connectivity index (χ4n) is 1.32. The molecular formula is C10H8ClNO2. The summed E-state index contributed by atoms with van der Waals surface area (Å²) in [6.07, 6.45) is 0. The molecule has 2 rings (SSSR count). The first-order valence-corrected chi connectivity index (χ1v) is 4.52. The molecule has 0 saturated carbocycles. The topological polar surface area (TPSA) is 56.2 Å². The highest BCUT2D eigenvalue weighted by Gasteiger charge is 2.10. The molecule has 1 aromatic carbocycles. The van der Waals surface area contributed by atoms with Gasteiger partial charge in [0.2, 0.25) is 0 Å². The number of fused-ring (bicyclic) bond motifs is 1. The van der Waals surface area contributed by atoms with Crippen molar-refractivity contribution in [3.8, 4) is 0 Å². The van der Waals surface area contributed by atoms with Crippen LogP contribution in [0.3, 0.4) is 0 Å². The van der Waals surface area contributed by atoms with Gasteiger partial charge in [0.1, 0.15) is 5.58 Å². The second-order valence-electron chi connectivity index (χ2n) is 2.88. The van der Waals surface area contributed by atoms with E-state index in [1.54, 1.807) is 18.2 Å². The summed E-state index contributed by atoms with van der Waals surface area (Å²) < 4.78 is 5.04. The molecule has 0 radical (unpaired) electrons. The Labute approximate surface area is 85.1 Å². The van der Waals surface area contributed by atoms with Gasteiger partial charge in [-0.25, -0.2) is 4.79 Å². The van der Waals surface area contributed by atoms with Gasteiger partial charge in [-0.15, -0.1) is 0 Å². The van der Waals surface area contributed by atoms with Crippen LogP contribution in [0.5, 0.6) is 0 Å². The molecule has 0 unspecified atom stereocenters. The van der Waals surface area contributed by atoms with Crippen LogP contribution in [-0.2, 0) is 6.54 Å². The predicted molar refractivity (Wildman–Crippen MR) is 55.4 cm³/mol. The standard InChI is InChI=1S/C10H8ClNO2/c11-9-6-3-1-2-4-8(6)14-10(13)7(9)5-12/h1-4H,5,12H2. The SMILES string of the molecule is NCc1c(Cl)c2ccccc2oc1=O. The average molecular weight is 210 g/mol. The number of halogens is 1. The summed E-state index contributed by atoms with van der Waals surface area (Å²) in [6.45, 7) is 0.0893. The van der Waals surface area contributed by atoms with Gasteiger partial charge in [-0.2, -0.15) is 0 Å². The highest BCUT2D eigenvalue weighted by molar-refractivity contribution is 6.35. The van der Waals surface area contributed by atoms with Crippen molar-refractivity contribution in [2.24, 2.45) is 5.73 Å². The molecule has 0 amide bonds. The highest BCUT2D eigenvalue weighted by atomic mass is 35.5. The number of para-hydroxylation sites is 1. The van der Waals surface area contributed by atoms with Gasteiger partial charge in [-0.05, 0) is 12.1 Å². The summed E-state index contributed by atoms with van der Waals surface area (Å²) in [5, 5.41) is 1.11. The summed E-state index contributed by atoms with van der Waals surface area (Å²) in [7, 11) is 0.